The smallest absolute Gasteiger partial charge is 0.415 e. The zero-order chi connectivity index (χ0) is 24.3. The van der Waals surface area contributed by atoms with Gasteiger partial charge in [0.15, 0.2) is 6.10 Å². The van der Waals surface area contributed by atoms with Crippen molar-refractivity contribution >= 4 is 12.1 Å². The van der Waals surface area contributed by atoms with Crippen molar-refractivity contribution < 1.29 is 28.9 Å². The van der Waals surface area contributed by atoms with Crippen LogP contribution in [0.4, 0.5) is 4.79 Å². The van der Waals surface area contributed by atoms with E-state index in [1.54, 1.807) is 17.9 Å². The van der Waals surface area contributed by atoms with Crippen LogP contribution in [-0.4, -0.2) is 54.5 Å². The van der Waals surface area contributed by atoms with Crippen LogP contribution in [0.15, 0.2) is 48.5 Å². The molecule has 3 rings (SSSR count). The molecule has 1 aliphatic rings. The number of aryl methyl sites for hydroxylation is 1. The quantitative estimate of drug-likeness (QED) is 0.466. The van der Waals surface area contributed by atoms with E-state index in [0.29, 0.717) is 50.1 Å². The Hall–Kier alpha value is -3.06. The van der Waals surface area contributed by atoms with Crippen molar-refractivity contribution in [1.29, 1.82) is 0 Å². The number of ether oxygens (including phenoxy) is 3. The Balaban J connectivity index is 1.55. The highest BCUT2D eigenvalue weighted by atomic mass is 16.6. The maximum atomic E-state index is 12.9. The molecule has 34 heavy (non-hydrogen) atoms. The van der Waals surface area contributed by atoms with Gasteiger partial charge in [-0.05, 0) is 61.9 Å². The highest BCUT2D eigenvalue weighted by molar-refractivity contribution is 5.72. The highest BCUT2D eigenvalue weighted by Crippen LogP contribution is 2.26. The van der Waals surface area contributed by atoms with Gasteiger partial charge in [-0.25, -0.2) is 9.59 Å². The number of carbonyl (C=O) groups excluding carboxylic acids is 1. The number of carbonyl (C=O) groups is 2. The minimum Gasteiger partial charge on any atom is -0.492 e. The van der Waals surface area contributed by atoms with E-state index in [0.717, 1.165) is 24.0 Å². The second kappa shape index (κ2) is 13.0. The lowest BCUT2D eigenvalue weighted by Gasteiger charge is -2.25. The number of carboxylic acids is 1. The SMILES string of the molecule is CCOC(Cc1ccc(OCCN(CC2CCCC2)C(=O)Oc2ccccc2C)cc1)C(=O)O. The minimum atomic E-state index is -0.970. The van der Waals surface area contributed by atoms with Crippen LogP contribution in [0.3, 0.4) is 0 Å². The number of rotatable bonds is 12. The number of benzene rings is 2. The highest BCUT2D eigenvalue weighted by Gasteiger charge is 2.24. The molecule has 7 nitrogen and oxygen atoms in total. The Kier molecular flexibility index (Phi) is 9.76. The van der Waals surface area contributed by atoms with Crippen LogP contribution in [-0.2, 0) is 16.0 Å². The molecule has 1 aliphatic carbocycles. The average molecular weight is 470 g/mol. The molecule has 1 fully saturated rings. The number of amides is 1. The van der Waals surface area contributed by atoms with Gasteiger partial charge in [0.1, 0.15) is 18.1 Å². The third kappa shape index (κ3) is 7.76. The molecular weight excluding hydrogens is 434 g/mol. The number of hydrogen-bond acceptors (Lipinski definition) is 5. The van der Waals surface area contributed by atoms with Crippen LogP contribution in [0.25, 0.3) is 0 Å². The molecule has 0 heterocycles. The van der Waals surface area contributed by atoms with Crippen LogP contribution in [0.2, 0.25) is 0 Å². The molecule has 2 aromatic carbocycles. The van der Waals surface area contributed by atoms with Crippen molar-refractivity contribution in [3.63, 3.8) is 0 Å². The monoisotopic (exact) mass is 469 g/mol. The van der Waals surface area contributed by atoms with Gasteiger partial charge >= 0.3 is 12.1 Å². The molecule has 0 saturated heterocycles. The summed E-state index contributed by atoms with van der Waals surface area (Å²) < 4.78 is 16.8. The Labute approximate surface area is 201 Å². The van der Waals surface area contributed by atoms with Gasteiger partial charge in [-0.2, -0.15) is 0 Å². The number of para-hydroxylation sites is 1. The summed E-state index contributed by atoms with van der Waals surface area (Å²) in [6.45, 7) is 5.48. The lowest BCUT2D eigenvalue weighted by atomic mass is 10.1. The standard InChI is InChI=1S/C27H35NO6/c1-3-32-25(26(29)30)18-21-12-14-23(15-13-21)33-17-16-28(19-22-9-5-6-10-22)27(31)34-24-11-7-4-8-20(24)2/h4,7-8,11-15,22,25H,3,5-6,9-10,16-19H2,1-2H3,(H,29,30). The van der Waals surface area contributed by atoms with Crippen molar-refractivity contribution in [2.75, 3.05) is 26.3 Å². The number of nitrogens with zero attached hydrogens (tertiary/aromatic N) is 1. The zero-order valence-corrected chi connectivity index (χ0v) is 20.1. The molecule has 1 saturated carbocycles. The summed E-state index contributed by atoms with van der Waals surface area (Å²) in [7, 11) is 0. The summed E-state index contributed by atoms with van der Waals surface area (Å²) in [5, 5.41) is 9.25. The van der Waals surface area contributed by atoms with Gasteiger partial charge in [0, 0.05) is 19.6 Å². The number of carboxylic acid groups (broad SMARTS) is 1. The van der Waals surface area contributed by atoms with E-state index >= 15 is 0 Å². The third-order valence-corrected chi connectivity index (χ3v) is 6.12. The summed E-state index contributed by atoms with van der Waals surface area (Å²) in [4.78, 5) is 26.0. The molecule has 1 amide bonds. The molecule has 0 aliphatic heterocycles. The first-order valence-electron chi connectivity index (χ1n) is 12.0. The lowest BCUT2D eigenvalue weighted by Crippen LogP contribution is -2.39. The molecule has 1 unspecified atom stereocenters. The van der Waals surface area contributed by atoms with E-state index in [2.05, 4.69) is 0 Å². The van der Waals surface area contributed by atoms with E-state index in [9.17, 15) is 14.7 Å². The first kappa shape index (κ1) is 25.6. The molecule has 1 N–H and O–H groups in total. The van der Waals surface area contributed by atoms with Crippen molar-refractivity contribution in [3.8, 4) is 11.5 Å². The van der Waals surface area contributed by atoms with E-state index < -0.39 is 12.1 Å². The summed E-state index contributed by atoms with van der Waals surface area (Å²) in [6.07, 6.45) is 3.77. The van der Waals surface area contributed by atoms with E-state index in [1.165, 1.54) is 12.8 Å². The zero-order valence-electron chi connectivity index (χ0n) is 20.1. The first-order valence-corrected chi connectivity index (χ1v) is 12.0. The molecule has 2 aromatic rings. The summed E-state index contributed by atoms with van der Waals surface area (Å²) in [5.41, 5.74) is 1.78. The van der Waals surface area contributed by atoms with Crippen LogP contribution >= 0.6 is 0 Å². The molecule has 0 spiro atoms. The lowest BCUT2D eigenvalue weighted by molar-refractivity contribution is -0.149. The van der Waals surface area contributed by atoms with Crippen LogP contribution < -0.4 is 9.47 Å². The maximum absolute atomic E-state index is 12.9. The largest absolute Gasteiger partial charge is 0.492 e. The van der Waals surface area contributed by atoms with E-state index in [1.807, 2.05) is 49.4 Å². The van der Waals surface area contributed by atoms with Crippen molar-refractivity contribution in [2.24, 2.45) is 5.92 Å². The van der Waals surface area contributed by atoms with Gasteiger partial charge in [0.2, 0.25) is 0 Å². The second-order valence-electron chi connectivity index (χ2n) is 8.71. The minimum absolute atomic E-state index is 0.295. The van der Waals surface area contributed by atoms with E-state index in [-0.39, 0.29) is 6.09 Å². The van der Waals surface area contributed by atoms with E-state index in [4.69, 9.17) is 14.2 Å². The average Bonchev–Trinajstić information content (AvgIpc) is 3.34. The predicted molar refractivity (Wildman–Crippen MR) is 129 cm³/mol. The Morgan fingerprint density at radius 3 is 2.44 bits per heavy atom. The van der Waals surface area contributed by atoms with Crippen LogP contribution in [0.1, 0.15) is 43.7 Å². The molecule has 1 atom stereocenters. The van der Waals surface area contributed by atoms with Gasteiger partial charge in [-0.3, -0.25) is 0 Å². The van der Waals surface area contributed by atoms with Crippen molar-refractivity contribution in [2.45, 2.75) is 52.1 Å². The normalized spacial score (nSPS) is 14.5. The van der Waals surface area contributed by atoms with Crippen LogP contribution in [0.5, 0.6) is 11.5 Å². The maximum Gasteiger partial charge on any atom is 0.415 e. The Bertz CT molecular complexity index is 923. The molecule has 184 valence electrons. The predicted octanol–water partition coefficient (Wildman–Crippen LogP) is 5.10. The summed E-state index contributed by atoms with van der Waals surface area (Å²) in [6, 6.07) is 14.8. The van der Waals surface area contributed by atoms with Crippen molar-refractivity contribution in [1.82, 2.24) is 4.90 Å². The van der Waals surface area contributed by atoms with Gasteiger partial charge in [-0.1, -0.05) is 43.2 Å². The second-order valence-corrected chi connectivity index (χ2v) is 8.71. The van der Waals surface area contributed by atoms with Gasteiger partial charge in [0.05, 0.1) is 6.54 Å². The molecule has 7 heteroatoms. The molecule has 0 radical (unpaired) electrons. The Morgan fingerprint density at radius 1 is 1.09 bits per heavy atom. The molecule has 0 aromatic heterocycles. The summed E-state index contributed by atoms with van der Waals surface area (Å²) in [5.74, 6) is 0.769. The summed E-state index contributed by atoms with van der Waals surface area (Å²) >= 11 is 0. The third-order valence-electron chi connectivity index (χ3n) is 6.12. The fourth-order valence-corrected chi connectivity index (χ4v) is 4.22. The molecular formula is C27H35NO6. The Morgan fingerprint density at radius 2 is 1.79 bits per heavy atom. The van der Waals surface area contributed by atoms with Crippen LogP contribution in [0, 0.1) is 12.8 Å². The fraction of sp³-hybridized carbons (Fsp3) is 0.481. The van der Waals surface area contributed by atoms with Crippen molar-refractivity contribution in [3.05, 3.63) is 59.7 Å². The van der Waals surface area contributed by atoms with Gasteiger partial charge in [0.25, 0.3) is 0 Å². The number of hydrogen-bond donors (Lipinski definition) is 1. The number of aliphatic carboxylic acids is 1. The topological polar surface area (TPSA) is 85.3 Å². The molecule has 0 bridgehead atoms. The van der Waals surface area contributed by atoms with Gasteiger partial charge in [-0.15, -0.1) is 0 Å². The fourth-order valence-electron chi connectivity index (χ4n) is 4.22. The first-order chi connectivity index (χ1) is 16.5. The van der Waals surface area contributed by atoms with Gasteiger partial charge < -0.3 is 24.2 Å².